The second-order valence-electron chi connectivity index (χ2n) is 8.53. The zero-order valence-electron chi connectivity index (χ0n) is 19.6. The number of fused-ring (bicyclic) bond motifs is 2. The van der Waals surface area contributed by atoms with Crippen molar-refractivity contribution in [2.75, 3.05) is 12.3 Å². The monoisotopic (exact) mass is 537 g/mol. The van der Waals surface area contributed by atoms with Gasteiger partial charge in [-0.1, -0.05) is 53.8 Å². The molecule has 4 rings (SSSR count). The summed E-state index contributed by atoms with van der Waals surface area (Å²) in [6.07, 6.45) is 11.8. The summed E-state index contributed by atoms with van der Waals surface area (Å²) in [5, 5.41) is 3.24. The minimum Gasteiger partial charge on any atom is -0.358 e. The topological polar surface area (TPSA) is 61.5 Å². The lowest BCUT2D eigenvalue weighted by atomic mass is 10.1. The van der Waals surface area contributed by atoms with Crippen LogP contribution in [-0.4, -0.2) is 41.5 Å². The van der Waals surface area contributed by atoms with Gasteiger partial charge < -0.3 is 4.90 Å². The zero-order chi connectivity index (χ0) is 24.5. The van der Waals surface area contributed by atoms with Crippen molar-refractivity contribution in [3.05, 3.63) is 68.7 Å². The summed E-state index contributed by atoms with van der Waals surface area (Å²) in [5.41, 5.74) is 3.73. The summed E-state index contributed by atoms with van der Waals surface area (Å²) in [5.74, 6) is -0.250. The van der Waals surface area contributed by atoms with Crippen LogP contribution < -0.4 is 4.57 Å². The number of benzene rings is 1. The number of halogens is 1. The first-order chi connectivity index (χ1) is 16.2. The minimum atomic E-state index is -3.99. The van der Waals surface area contributed by atoms with Gasteiger partial charge in [0.2, 0.25) is 5.52 Å². The van der Waals surface area contributed by atoms with Gasteiger partial charge in [0.15, 0.2) is 0 Å². The highest BCUT2D eigenvalue weighted by atomic mass is 35.5. The van der Waals surface area contributed by atoms with Crippen LogP contribution in [0, 0.1) is 6.92 Å². The molecule has 2 atom stereocenters. The summed E-state index contributed by atoms with van der Waals surface area (Å²) in [6, 6.07) is 6.66. The van der Waals surface area contributed by atoms with Crippen LogP contribution in [0.25, 0.3) is 16.3 Å². The first-order valence-electron chi connectivity index (χ1n) is 11.5. The van der Waals surface area contributed by atoms with Gasteiger partial charge in [0, 0.05) is 23.7 Å². The number of rotatable bonds is 8. The third kappa shape index (κ3) is 5.79. The number of thioether (sulfide) groups is 1. The molecule has 2 heterocycles. The van der Waals surface area contributed by atoms with Crippen molar-refractivity contribution in [1.82, 2.24) is 4.90 Å². The predicted octanol–water partition coefficient (Wildman–Crippen LogP) is 5.91. The summed E-state index contributed by atoms with van der Waals surface area (Å²) >= 11 is 9.87. The summed E-state index contributed by atoms with van der Waals surface area (Å²) in [6.45, 7) is 7.88. The molecule has 1 aliphatic carbocycles. The van der Waals surface area contributed by atoms with Gasteiger partial charge in [-0.05, 0) is 62.1 Å². The standard InChI is InChI=1S/C25H29ClN2O3S3/c1-4-18(14-24-27(5-2)20-13-17(3)7-9-22(20)32-24)15-25-28(11-6-12-34(29,30)31)21-16-19(26)8-10-23(21)33-25/h7-10,13-16,21,23H,4-6,11-12H2,1-3H3/p+1. The molecule has 0 spiro atoms. The van der Waals surface area contributed by atoms with E-state index in [2.05, 4.69) is 66.7 Å². The quantitative estimate of drug-likeness (QED) is 0.335. The second kappa shape index (κ2) is 10.6. The first-order valence-corrected chi connectivity index (χ1v) is 15.2. The SMILES string of the molecule is CCC(/C=C1\SC2C=CC(Cl)=CC2N1CCCS(=O)(=O)O)=C\c1sc2ccc(C)cc2[n+]1CC. The molecule has 1 aromatic carbocycles. The molecule has 2 aromatic rings. The average Bonchev–Trinajstić information content (AvgIpc) is 3.29. The summed E-state index contributed by atoms with van der Waals surface area (Å²) in [4.78, 5) is 2.22. The Morgan fingerprint density at radius 3 is 2.82 bits per heavy atom. The van der Waals surface area contributed by atoms with E-state index in [9.17, 15) is 13.0 Å². The van der Waals surface area contributed by atoms with E-state index in [1.807, 2.05) is 12.2 Å². The van der Waals surface area contributed by atoms with E-state index in [-0.39, 0.29) is 17.0 Å². The van der Waals surface area contributed by atoms with Crippen molar-refractivity contribution in [2.45, 2.75) is 51.4 Å². The first kappa shape index (κ1) is 25.5. The molecule has 1 saturated heterocycles. The number of nitrogens with zero attached hydrogens (tertiary/aromatic N) is 2. The van der Waals surface area contributed by atoms with Crippen molar-refractivity contribution >= 4 is 61.1 Å². The molecule has 5 nitrogen and oxygen atoms in total. The van der Waals surface area contributed by atoms with Crippen molar-refractivity contribution in [3.63, 3.8) is 0 Å². The van der Waals surface area contributed by atoms with Crippen LogP contribution in [0.5, 0.6) is 0 Å². The van der Waals surface area contributed by atoms with E-state index in [0.29, 0.717) is 18.0 Å². The highest BCUT2D eigenvalue weighted by Gasteiger charge is 2.36. The van der Waals surface area contributed by atoms with Crippen molar-refractivity contribution in [2.24, 2.45) is 0 Å². The fourth-order valence-corrected chi connectivity index (χ4v) is 7.59. The minimum absolute atomic E-state index is 0.0705. The molecule has 0 radical (unpaired) electrons. The zero-order valence-corrected chi connectivity index (χ0v) is 22.8. The molecule has 182 valence electrons. The van der Waals surface area contributed by atoms with Crippen molar-refractivity contribution < 1.29 is 17.5 Å². The maximum absolute atomic E-state index is 11.3. The third-order valence-corrected chi connectivity index (χ3v) is 9.51. The van der Waals surface area contributed by atoms with Crippen LogP contribution in [-0.2, 0) is 16.7 Å². The van der Waals surface area contributed by atoms with Crippen molar-refractivity contribution in [3.8, 4) is 0 Å². The van der Waals surface area contributed by atoms with Crippen LogP contribution in [0.3, 0.4) is 0 Å². The second-order valence-corrected chi connectivity index (χ2v) is 12.8. The van der Waals surface area contributed by atoms with E-state index in [0.717, 1.165) is 18.0 Å². The van der Waals surface area contributed by atoms with Gasteiger partial charge in [0.1, 0.15) is 11.2 Å². The fraction of sp³-hybridized carbons (Fsp3) is 0.400. The fourth-order valence-electron chi connectivity index (χ4n) is 4.35. The number of hydrogen-bond acceptors (Lipinski definition) is 5. The molecule has 1 N–H and O–H groups in total. The van der Waals surface area contributed by atoms with E-state index in [1.165, 1.54) is 26.4 Å². The normalized spacial score (nSPS) is 22.0. The Bertz CT molecular complexity index is 1310. The smallest absolute Gasteiger partial charge is 0.264 e. The lowest BCUT2D eigenvalue weighted by Gasteiger charge is -2.27. The number of thiazole rings is 1. The molecule has 34 heavy (non-hydrogen) atoms. The van der Waals surface area contributed by atoms with E-state index >= 15 is 0 Å². The molecule has 1 aromatic heterocycles. The van der Waals surface area contributed by atoms with Crippen LogP contribution in [0.2, 0.25) is 0 Å². The third-order valence-electron chi connectivity index (χ3n) is 6.04. The van der Waals surface area contributed by atoms with Gasteiger partial charge in [-0.3, -0.25) is 4.55 Å². The van der Waals surface area contributed by atoms with Crippen LogP contribution in [0.15, 0.2) is 58.1 Å². The van der Waals surface area contributed by atoms with Gasteiger partial charge >= 0.3 is 0 Å². The number of aryl methyl sites for hydroxylation is 2. The molecular weight excluding hydrogens is 508 g/mol. The average molecular weight is 538 g/mol. The van der Waals surface area contributed by atoms with Crippen molar-refractivity contribution in [1.29, 1.82) is 0 Å². The molecule has 1 aliphatic heterocycles. The maximum Gasteiger partial charge on any atom is 0.264 e. The Morgan fingerprint density at radius 1 is 1.32 bits per heavy atom. The van der Waals surface area contributed by atoms with Crippen LogP contribution in [0.4, 0.5) is 0 Å². The van der Waals surface area contributed by atoms with Crippen LogP contribution in [0.1, 0.15) is 37.3 Å². The molecule has 9 heteroatoms. The highest BCUT2D eigenvalue weighted by Crippen LogP contribution is 2.43. The Balaban J connectivity index is 1.68. The summed E-state index contributed by atoms with van der Waals surface area (Å²) in [7, 11) is -3.99. The molecule has 0 amide bonds. The molecule has 2 aliphatic rings. The largest absolute Gasteiger partial charge is 0.358 e. The van der Waals surface area contributed by atoms with Gasteiger partial charge in [-0.15, -0.1) is 0 Å². The van der Waals surface area contributed by atoms with Gasteiger partial charge in [0.25, 0.3) is 15.1 Å². The van der Waals surface area contributed by atoms with Gasteiger partial charge in [0.05, 0.1) is 22.1 Å². The maximum atomic E-state index is 11.3. The molecule has 2 unspecified atom stereocenters. The Kier molecular flexibility index (Phi) is 7.94. The van der Waals surface area contributed by atoms with E-state index < -0.39 is 10.1 Å². The van der Waals surface area contributed by atoms with Gasteiger partial charge in [-0.2, -0.15) is 13.0 Å². The highest BCUT2D eigenvalue weighted by molar-refractivity contribution is 8.04. The van der Waals surface area contributed by atoms with E-state index in [1.54, 1.807) is 23.1 Å². The number of hydrogen-bond donors (Lipinski definition) is 1. The molecule has 0 saturated carbocycles. The number of allylic oxidation sites excluding steroid dienone is 4. The Morgan fingerprint density at radius 2 is 2.12 bits per heavy atom. The number of aromatic nitrogens is 1. The molecular formula is C25H30ClN2O3S3+. The summed E-state index contributed by atoms with van der Waals surface area (Å²) < 4.78 is 35.4. The van der Waals surface area contributed by atoms with Crippen LogP contribution >= 0.6 is 34.7 Å². The van der Waals surface area contributed by atoms with Gasteiger partial charge in [-0.25, -0.2) is 0 Å². The molecule has 1 fully saturated rings. The molecule has 0 bridgehead atoms. The lowest BCUT2D eigenvalue weighted by molar-refractivity contribution is -0.665. The Labute approximate surface area is 215 Å². The predicted molar refractivity (Wildman–Crippen MR) is 145 cm³/mol. The van der Waals surface area contributed by atoms with E-state index in [4.69, 9.17) is 11.6 Å². The lowest BCUT2D eigenvalue weighted by Crippen LogP contribution is -2.34. The Hall–Kier alpha value is -1.58.